The summed E-state index contributed by atoms with van der Waals surface area (Å²) in [6.07, 6.45) is 3.07. The molecule has 3 fully saturated rings. The summed E-state index contributed by atoms with van der Waals surface area (Å²) in [5.74, 6) is -2.19. The number of nitrogens with zero attached hydrogens (tertiary/aromatic N) is 1. The van der Waals surface area contributed by atoms with Crippen LogP contribution in [0.25, 0.3) is 0 Å². The second-order valence-electron chi connectivity index (χ2n) is 9.72. The predicted molar refractivity (Wildman–Crippen MR) is 114 cm³/mol. The molecule has 7 atom stereocenters. The Kier molecular flexibility index (Phi) is 7.31. The number of nitrogens with one attached hydrogen (secondary N) is 1. The van der Waals surface area contributed by atoms with Gasteiger partial charge in [0.05, 0.1) is 37.2 Å². The number of amides is 2. The van der Waals surface area contributed by atoms with E-state index in [0.29, 0.717) is 19.3 Å². The molecule has 2 bridgehead atoms. The highest BCUT2D eigenvalue weighted by atomic mass is 16.6. The van der Waals surface area contributed by atoms with Crippen LogP contribution >= 0.6 is 0 Å². The SMILES string of the molecule is CCCC(C)NC(=O)C1N([C@@H](CO)CC(C)C)C(=O)[C@@H]2[C@H](C(=O)OCC)[C@@H]3CCC12O3. The van der Waals surface area contributed by atoms with E-state index in [1.807, 2.05) is 20.8 Å². The van der Waals surface area contributed by atoms with Gasteiger partial charge in [-0.25, -0.2) is 0 Å². The molecule has 0 aromatic carbocycles. The van der Waals surface area contributed by atoms with Crippen molar-refractivity contribution in [2.75, 3.05) is 13.2 Å². The number of likely N-dealkylation sites (tertiary alicyclic amines) is 1. The molecule has 3 heterocycles. The number of carbonyl (C=O) groups is 3. The fourth-order valence-electron chi connectivity index (χ4n) is 5.94. The Labute approximate surface area is 185 Å². The largest absolute Gasteiger partial charge is 0.466 e. The van der Waals surface area contributed by atoms with Gasteiger partial charge in [-0.2, -0.15) is 0 Å². The number of ether oxygens (including phenoxy) is 2. The van der Waals surface area contributed by atoms with Gasteiger partial charge < -0.3 is 24.8 Å². The molecule has 176 valence electrons. The minimum Gasteiger partial charge on any atom is -0.466 e. The van der Waals surface area contributed by atoms with E-state index in [4.69, 9.17) is 9.47 Å². The summed E-state index contributed by atoms with van der Waals surface area (Å²) in [7, 11) is 0. The summed E-state index contributed by atoms with van der Waals surface area (Å²) >= 11 is 0. The van der Waals surface area contributed by atoms with Gasteiger partial charge in [-0.3, -0.25) is 14.4 Å². The molecular formula is C23H38N2O6. The third-order valence-corrected chi connectivity index (χ3v) is 7.00. The van der Waals surface area contributed by atoms with E-state index >= 15 is 0 Å². The second kappa shape index (κ2) is 9.45. The van der Waals surface area contributed by atoms with Gasteiger partial charge in [0, 0.05) is 6.04 Å². The number of hydrogen-bond acceptors (Lipinski definition) is 6. The van der Waals surface area contributed by atoms with E-state index < -0.39 is 41.6 Å². The van der Waals surface area contributed by atoms with Gasteiger partial charge in [0.15, 0.2) is 0 Å². The van der Waals surface area contributed by atoms with Crippen LogP contribution in [-0.4, -0.2) is 70.8 Å². The quantitative estimate of drug-likeness (QED) is 0.503. The third kappa shape index (κ3) is 4.09. The Morgan fingerprint density at radius 3 is 2.61 bits per heavy atom. The van der Waals surface area contributed by atoms with Crippen molar-refractivity contribution in [2.45, 2.75) is 96.6 Å². The summed E-state index contributed by atoms with van der Waals surface area (Å²) in [6, 6.07) is -1.40. The molecule has 3 aliphatic rings. The number of esters is 1. The molecule has 0 saturated carbocycles. The van der Waals surface area contributed by atoms with E-state index in [1.165, 1.54) is 4.90 Å². The smallest absolute Gasteiger partial charge is 0.312 e. The lowest BCUT2D eigenvalue weighted by molar-refractivity contribution is -0.155. The standard InChI is InChI=1S/C23H38N2O6/c1-6-8-14(5)24-20(27)19-23-10-9-16(31-23)17(22(29)30-7-2)18(23)21(28)25(19)15(12-26)11-13(3)4/h13-19,26H,6-12H2,1-5H3,(H,24,27)/t14?,15-,16+,17-,18+,19?,23?/m1/s1. The molecule has 3 saturated heterocycles. The fourth-order valence-corrected chi connectivity index (χ4v) is 5.94. The molecule has 3 aliphatic heterocycles. The van der Waals surface area contributed by atoms with E-state index in [9.17, 15) is 19.5 Å². The van der Waals surface area contributed by atoms with Crippen molar-refractivity contribution in [3.05, 3.63) is 0 Å². The van der Waals surface area contributed by atoms with E-state index in [0.717, 1.165) is 12.8 Å². The molecule has 0 aromatic rings. The Hall–Kier alpha value is -1.67. The number of aliphatic hydroxyl groups is 1. The molecule has 0 radical (unpaired) electrons. The highest BCUT2D eigenvalue weighted by Gasteiger charge is 2.75. The summed E-state index contributed by atoms with van der Waals surface area (Å²) in [6.45, 7) is 9.76. The summed E-state index contributed by atoms with van der Waals surface area (Å²) < 4.78 is 11.6. The maximum Gasteiger partial charge on any atom is 0.312 e. The van der Waals surface area contributed by atoms with Crippen LogP contribution < -0.4 is 5.32 Å². The molecule has 0 aromatic heterocycles. The van der Waals surface area contributed by atoms with Crippen molar-refractivity contribution >= 4 is 17.8 Å². The van der Waals surface area contributed by atoms with Gasteiger partial charge in [-0.05, 0) is 45.4 Å². The molecule has 8 nitrogen and oxygen atoms in total. The van der Waals surface area contributed by atoms with Crippen molar-refractivity contribution in [1.29, 1.82) is 0 Å². The normalized spacial score (nSPS) is 33.5. The molecule has 31 heavy (non-hydrogen) atoms. The van der Waals surface area contributed by atoms with Crippen molar-refractivity contribution in [3.63, 3.8) is 0 Å². The van der Waals surface area contributed by atoms with Crippen molar-refractivity contribution in [2.24, 2.45) is 17.8 Å². The lowest BCUT2D eigenvalue weighted by Gasteiger charge is -2.37. The summed E-state index contributed by atoms with van der Waals surface area (Å²) in [4.78, 5) is 41.6. The van der Waals surface area contributed by atoms with Crippen molar-refractivity contribution < 1.29 is 29.0 Å². The molecular weight excluding hydrogens is 400 g/mol. The minimum absolute atomic E-state index is 0.0398. The molecule has 2 amide bonds. The molecule has 1 spiro atoms. The minimum atomic E-state index is -1.04. The van der Waals surface area contributed by atoms with Gasteiger partial charge in [-0.1, -0.05) is 27.2 Å². The zero-order chi connectivity index (χ0) is 22.9. The van der Waals surface area contributed by atoms with E-state index in [2.05, 4.69) is 12.2 Å². The molecule has 3 unspecified atom stereocenters. The van der Waals surface area contributed by atoms with Crippen LogP contribution in [0, 0.1) is 17.8 Å². The van der Waals surface area contributed by atoms with Crippen molar-refractivity contribution in [1.82, 2.24) is 10.2 Å². The van der Waals surface area contributed by atoms with E-state index in [1.54, 1.807) is 6.92 Å². The van der Waals surface area contributed by atoms with Gasteiger partial charge in [0.2, 0.25) is 11.8 Å². The Morgan fingerprint density at radius 2 is 2.03 bits per heavy atom. The van der Waals surface area contributed by atoms with Crippen LogP contribution in [0.3, 0.4) is 0 Å². The first kappa shape index (κ1) is 24.0. The maximum atomic E-state index is 13.7. The van der Waals surface area contributed by atoms with Crippen LogP contribution in [0.5, 0.6) is 0 Å². The Balaban J connectivity index is 2.00. The average molecular weight is 439 g/mol. The van der Waals surface area contributed by atoms with Gasteiger partial charge in [0.25, 0.3) is 0 Å². The second-order valence-corrected chi connectivity index (χ2v) is 9.72. The highest BCUT2D eigenvalue weighted by molar-refractivity contribution is 5.98. The maximum absolute atomic E-state index is 13.7. The van der Waals surface area contributed by atoms with Crippen LogP contribution in [0.15, 0.2) is 0 Å². The Bertz CT molecular complexity index is 698. The summed E-state index contributed by atoms with van der Waals surface area (Å²) in [5, 5.41) is 13.2. The number of carbonyl (C=O) groups excluding carboxylic acids is 3. The molecule has 3 rings (SSSR count). The third-order valence-electron chi connectivity index (χ3n) is 7.00. The lowest BCUT2D eigenvalue weighted by atomic mass is 9.70. The Morgan fingerprint density at radius 1 is 1.32 bits per heavy atom. The average Bonchev–Trinajstić information content (AvgIpc) is 3.33. The van der Waals surface area contributed by atoms with Crippen LogP contribution in [0.2, 0.25) is 0 Å². The molecule has 2 N–H and O–H groups in total. The first-order chi connectivity index (χ1) is 14.7. The van der Waals surface area contributed by atoms with Crippen LogP contribution in [0.4, 0.5) is 0 Å². The summed E-state index contributed by atoms with van der Waals surface area (Å²) in [5.41, 5.74) is -1.04. The first-order valence-corrected chi connectivity index (χ1v) is 11.8. The zero-order valence-electron chi connectivity index (χ0n) is 19.4. The zero-order valence-corrected chi connectivity index (χ0v) is 19.4. The number of aliphatic hydroxyl groups excluding tert-OH is 1. The lowest BCUT2D eigenvalue weighted by Crippen LogP contribution is -2.59. The van der Waals surface area contributed by atoms with Gasteiger partial charge in [-0.15, -0.1) is 0 Å². The predicted octanol–water partition coefficient (Wildman–Crippen LogP) is 1.64. The number of hydrogen-bond donors (Lipinski definition) is 2. The first-order valence-electron chi connectivity index (χ1n) is 11.8. The van der Waals surface area contributed by atoms with Crippen LogP contribution in [0.1, 0.15) is 66.7 Å². The number of fused-ring (bicyclic) bond motifs is 1. The topological polar surface area (TPSA) is 105 Å². The van der Waals surface area contributed by atoms with Gasteiger partial charge in [0.1, 0.15) is 11.6 Å². The number of rotatable bonds is 10. The monoisotopic (exact) mass is 438 g/mol. The van der Waals surface area contributed by atoms with Crippen molar-refractivity contribution in [3.8, 4) is 0 Å². The van der Waals surface area contributed by atoms with Crippen LogP contribution in [-0.2, 0) is 23.9 Å². The van der Waals surface area contributed by atoms with Gasteiger partial charge >= 0.3 is 5.97 Å². The highest BCUT2D eigenvalue weighted by Crippen LogP contribution is 2.59. The molecule has 8 heteroatoms. The molecule has 0 aliphatic carbocycles. The van der Waals surface area contributed by atoms with E-state index in [-0.39, 0.29) is 37.0 Å². The fraction of sp³-hybridized carbons (Fsp3) is 0.870.